The van der Waals surface area contributed by atoms with Crippen LogP contribution in [0.2, 0.25) is 0 Å². The fourth-order valence-electron chi connectivity index (χ4n) is 2.44. The Hall–Kier alpha value is -0.250. The van der Waals surface area contributed by atoms with Crippen molar-refractivity contribution in [1.82, 2.24) is 5.32 Å². The number of halogens is 3. The third-order valence-electron chi connectivity index (χ3n) is 3.75. The zero-order valence-electron chi connectivity index (χ0n) is 8.98. The van der Waals surface area contributed by atoms with Gasteiger partial charge in [-0.1, -0.05) is 6.92 Å². The zero-order chi connectivity index (χ0) is 11.1. The first kappa shape index (κ1) is 11.2. The van der Waals surface area contributed by atoms with Gasteiger partial charge in [0.15, 0.2) is 0 Å². The van der Waals surface area contributed by atoms with Gasteiger partial charge in [0.1, 0.15) is 0 Å². The van der Waals surface area contributed by atoms with E-state index < -0.39 is 12.1 Å². The van der Waals surface area contributed by atoms with Crippen molar-refractivity contribution in [3.8, 4) is 0 Å². The van der Waals surface area contributed by atoms with Gasteiger partial charge >= 0.3 is 6.18 Å². The molecule has 4 heteroatoms. The predicted octanol–water partition coefficient (Wildman–Crippen LogP) is 3.11. The highest BCUT2D eigenvalue weighted by atomic mass is 19.4. The fraction of sp³-hybridized carbons (Fsp3) is 1.00. The first-order valence-electron chi connectivity index (χ1n) is 5.79. The van der Waals surface area contributed by atoms with Crippen molar-refractivity contribution >= 4 is 0 Å². The van der Waals surface area contributed by atoms with E-state index >= 15 is 0 Å². The second-order valence-corrected chi connectivity index (χ2v) is 5.08. The maximum Gasteiger partial charge on any atom is 0.391 e. The van der Waals surface area contributed by atoms with Crippen LogP contribution in [0.1, 0.15) is 39.0 Å². The van der Waals surface area contributed by atoms with Crippen LogP contribution in [0.25, 0.3) is 0 Å². The van der Waals surface area contributed by atoms with Crippen LogP contribution in [0.4, 0.5) is 13.2 Å². The molecule has 2 aliphatic rings. The van der Waals surface area contributed by atoms with E-state index in [1.165, 1.54) is 6.42 Å². The maximum atomic E-state index is 12.4. The lowest BCUT2D eigenvalue weighted by Crippen LogP contribution is -2.38. The van der Waals surface area contributed by atoms with Crippen LogP contribution < -0.4 is 5.32 Å². The van der Waals surface area contributed by atoms with Crippen molar-refractivity contribution in [2.24, 2.45) is 11.8 Å². The van der Waals surface area contributed by atoms with Gasteiger partial charge in [-0.05, 0) is 38.0 Å². The molecule has 0 aromatic rings. The molecule has 88 valence electrons. The number of nitrogens with one attached hydrogen (secondary N) is 1. The minimum absolute atomic E-state index is 0.308. The summed E-state index contributed by atoms with van der Waals surface area (Å²) in [5, 5.41) is 3.45. The fourth-order valence-corrected chi connectivity index (χ4v) is 2.44. The molecule has 0 aliphatic heterocycles. The number of hydrogen-bond donors (Lipinski definition) is 1. The smallest absolute Gasteiger partial charge is 0.311 e. The number of rotatable bonds is 2. The molecule has 2 rings (SSSR count). The molecule has 0 saturated heterocycles. The van der Waals surface area contributed by atoms with Crippen molar-refractivity contribution in [3.63, 3.8) is 0 Å². The van der Waals surface area contributed by atoms with Gasteiger partial charge in [-0.25, -0.2) is 0 Å². The minimum atomic E-state index is -3.97. The lowest BCUT2D eigenvalue weighted by molar-refractivity contribution is -0.182. The van der Waals surface area contributed by atoms with Gasteiger partial charge in [-0.3, -0.25) is 0 Å². The summed E-state index contributed by atoms with van der Waals surface area (Å²) < 4.78 is 37.2. The second kappa shape index (κ2) is 3.96. The van der Waals surface area contributed by atoms with Gasteiger partial charge < -0.3 is 5.32 Å². The van der Waals surface area contributed by atoms with E-state index in [1.54, 1.807) is 0 Å². The molecule has 0 bridgehead atoms. The average Bonchev–Trinajstić information content (AvgIpc) is 2.81. The van der Waals surface area contributed by atoms with E-state index in [-0.39, 0.29) is 0 Å². The van der Waals surface area contributed by atoms with E-state index in [0.717, 1.165) is 5.92 Å². The Morgan fingerprint density at radius 1 is 1.07 bits per heavy atom. The van der Waals surface area contributed by atoms with E-state index in [1.807, 2.05) is 0 Å². The first-order chi connectivity index (χ1) is 6.97. The Bertz CT molecular complexity index is 218. The summed E-state index contributed by atoms with van der Waals surface area (Å²) in [5.74, 6) is -0.322. The molecule has 0 radical (unpaired) electrons. The molecule has 2 atom stereocenters. The lowest BCUT2D eigenvalue weighted by atomic mass is 9.85. The van der Waals surface area contributed by atoms with Crippen LogP contribution in [0, 0.1) is 11.8 Å². The Labute approximate surface area is 88.4 Å². The zero-order valence-corrected chi connectivity index (χ0v) is 8.98. The third-order valence-corrected chi connectivity index (χ3v) is 3.75. The van der Waals surface area contributed by atoms with Gasteiger partial charge in [0.05, 0.1) is 5.92 Å². The van der Waals surface area contributed by atoms with Crippen LogP contribution >= 0.6 is 0 Å². The highest BCUT2D eigenvalue weighted by Crippen LogP contribution is 2.38. The Morgan fingerprint density at radius 3 is 2.00 bits per heavy atom. The summed E-state index contributed by atoms with van der Waals surface area (Å²) in [6, 6.07) is 0.913. The van der Waals surface area contributed by atoms with Crippen LogP contribution in [-0.4, -0.2) is 18.3 Å². The van der Waals surface area contributed by atoms with Crippen LogP contribution in [0.15, 0.2) is 0 Å². The van der Waals surface area contributed by atoms with Crippen molar-refractivity contribution < 1.29 is 13.2 Å². The Morgan fingerprint density at radius 2 is 1.60 bits per heavy atom. The molecule has 2 unspecified atom stereocenters. The molecule has 2 saturated carbocycles. The SMILES string of the molecule is CC1CC1NC1CCC(C(F)(F)F)CC1. The molecular formula is C11H18F3N. The van der Waals surface area contributed by atoms with E-state index in [0.29, 0.717) is 37.8 Å². The Kier molecular flexibility index (Phi) is 2.97. The molecule has 1 nitrogen and oxygen atoms in total. The standard InChI is InChI=1S/C11H18F3N/c1-7-6-10(7)15-9-4-2-8(3-5-9)11(12,13)14/h7-10,15H,2-6H2,1H3. The summed E-state index contributed by atoms with van der Waals surface area (Å²) in [6.45, 7) is 2.18. The molecule has 1 N–H and O–H groups in total. The van der Waals surface area contributed by atoms with Crippen molar-refractivity contribution in [1.29, 1.82) is 0 Å². The van der Waals surface area contributed by atoms with Crippen molar-refractivity contribution in [2.45, 2.75) is 57.3 Å². The monoisotopic (exact) mass is 221 g/mol. The summed E-state index contributed by atoms with van der Waals surface area (Å²) >= 11 is 0. The van der Waals surface area contributed by atoms with Crippen LogP contribution in [0.5, 0.6) is 0 Å². The largest absolute Gasteiger partial charge is 0.391 e. The Balaban J connectivity index is 1.72. The van der Waals surface area contributed by atoms with Crippen LogP contribution in [0.3, 0.4) is 0 Å². The number of alkyl halides is 3. The summed E-state index contributed by atoms with van der Waals surface area (Å²) in [4.78, 5) is 0. The van der Waals surface area contributed by atoms with Gasteiger partial charge in [0.25, 0.3) is 0 Å². The molecular weight excluding hydrogens is 203 g/mol. The van der Waals surface area contributed by atoms with Gasteiger partial charge in [0.2, 0.25) is 0 Å². The second-order valence-electron chi connectivity index (χ2n) is 5.08. The molecule has 15 heavy (non-hydrogen) atoms. The van der Waals surface area contributed by atoms with Gasteiger partial charge in [-0.15, -0.1) is 0 Å². The molecule has 0 aromatic carbocycles. The van der Waals surface area contributed by atoms with Gasteiger partial charge in [0, 0.05) is 12.1 Å². The molecule has 0 aromatic heterocycles. The number of hydrogen-bond acceptors (Lipinski definition) is 1. The summed E-state index contributed by atoms with van der Waals surface area (Å²) in [6.07, 6.45) is -0.789. The van der Waals surface area contributed by atoms with Crippen LogP contribution in [-0.2, 0) is 0 Å². The first-order valence-corrected chi connectivity index (χ1v) is 5.79. The van der Waals surface area contributed by atoms with E-state index in [2.05, 4.69) is 12.2 Å². The van der Waals surface area contributed by atoms with Crippen molar-refractivity contribution in [3.05, 3.63) is 0 Å². The average molecular weight is 221 g/mol. The highest BCUT2D eigenvalue weighted by Gasteiger charge is 2.42. The van der Waals surface area contributed by atoms with E-state index in [4.69, 9.17) is 0 Å². The molecule has 2 fully saturated rings. The lowest BCUT2D eigenvalue weighted by Gasteiger charge is -2.30. The normalized spacial score (nSPS) is 41.6. The molecule has 0 amide bonds. The quantitative estimate of drug-likeness (QED) is 0.755. The van der Waals surface area contributed by atoms with Crippen molar-refractivity contribution in [2.75, 3.05) is 0 Å². The maximum absolute atomic E-state index is 12.4. The molecule has 0 heterocycles. The predicted molar refractivity (Wildman–Crippen MR) is 52.5 cm³/mol. The summed E-state index contributed by atoms with van der Waals surface area (Å²) in [7, 11) is 0. The third kappa shape index (κ3) is 2.86. The highest BCUT2D eigenvalue weighted by molar-refractivity contribution is 4.93. The summed E-state index contributed by atoms with van der Waals surface area (Å²) in [5.41, 5.74) is 0. The minimum Gasteiger partial charge on any atom is -0.311 e. The molecule has 2 aliphatic carbocycles. The molecule has 0 spiro atoms. The van der Waals surface area contributed by atoms with E-state index in [9.17, 15) is 13.2 Å². The topological polar surface area (TPSA) is 12.0 Å². The van der Waals surface area contributed by atoms with Gasteiger partial charge in [-0.2, -0.15) is 13.2 Å².